The Kier molecular flexibility index (Phi) is 5.20. The van der Waals surface area contributed by atoms with Crippen LogP contribution in [-0.2, 0) is 6.42 Å². The summed E-state index contributed by atoms with van der Waals surface area (Å²) >= 11 is 3.21. The molecule has 0 spiro atoms. The molecule has 0 saturated heterocycles. The number of hydrogen-bond donors (Lipinski definition) is 1. The predicted molar refractivity (Wildman–Crippen MR) is 82.3 cm³/mol. The SMILES string of the molecule is COc1ccc(C(O)Cc2ccc(Br)cc2F)cc1OC. The first-order valence-electron chi connectivity index (χ1n) is 6.39. The fraction of sp³-hybridized carbons (Fsp3) is 0.250. The summed E-state index contributed by atoms with van der Waals surface area (Å²) in [6, 6.07) is 9.94. The molecule has 21 heavy (non-hydrogen) atoms. The van der Waals surface area contributed by atoms with E-state index in [-0.39, 0.29) is 12.2 Å². The van der Waals surface area contributed by atoms with E-state index in [2.05, 4.69) is 15.9 Å². The Morgan fingerprint density at radius 2 is 1.81 bits per heavy atom. The monoisotopic (exact) mass is 354 g/mol. The van der Waals surface area contributed by atoms with E-state index in [1.807, 2.05) is 0 Å². The maximum absolute atomic E-state index is 13.8. The number of halogens is 2. The van der Waals surface area contributed by atoms with Crippen LogP contribution in [0.4, 0.5) is 4.39 Å². The number of rotatable bonds is 5. The van der Waals surface area contributed by atoms with Crippen molar-refractivity contribution >= 4 is 15.9 Å². The average molecular weight is 355 g/mol. The third-order valence-corrected chi connectivity index (χ3v) is 3.71. The smallest absolute Gasteiger partial charge is 0.161 e. The number of ether oxygens (including phenoxy) is 2. The lowest BCUT2D eigenvalue weighted by atomic mass is 10.0. The van der Waals surface area contributed by atoms with E-state index < -0.39 is 6.10 Å². The number of methoxy groups -OCH3 is 2. The van der Waals surface area contributed by atoms with Gasteiger partial charge >= 0.3 is 0 Å². The zero-order valence-electron chi connectivity index (χ0n) is 11.8. The number of hydrogen-bond acceptors (Lipinski definition) is 3. The lowest BCUT2D eigenvalue weighted by Gasteiger charge is -2.14. The van der Waals surface area contributed by atoms with Gasteiger partial charge in [0.1, 0.15) is 5.82 Å². The van der Waals surface area contributed by atoms with Crippen molar-refractivity contribution < 1.29 is 19.0 Å². The molecule has 3 nitrogen and oxygen atoms in total. The molecule has 0 aliphatic heterocycles. The molecule has 2 aromatic rings. The highest BCUT2D eigenvalue weighted by molar-refractivity contribution is 9.10. The Hall–Kier alpha value is -1.59. The first-order valence-corrected chi connectivity index (χ1v) is 7.18. The molecule has 0 fully saturated rings. The van der Waals surface area contributed by atoms with E-state index in [0.717, 1.165) is 0 Å². The first-order chi connectivity index (χ1) is 10.0. The summed E-state index contributed by atoms with van der Waals surface area (Å²) in [7, 11) is 3.08. The minimum Gasteiger partial charge on any atom is -0.493 e. The Morgan fingerprint density at radius 3 is 2.43 bits per heavy atom. The molecular weight excluding hydrogens is 339 g/mol. The lowest BCUT2D eigenvalue weighted by Crippen LogP contribution is -2.04. The van der Waals surface area contributed by atoms with Crippen LogP contribution in [0.2, 0.25) is 0 Å². The van der Waals surface area contributed by atoms with Crippen molar-refractivity contribution in [3.63, 3.8) is 0 Å². The minimum atomic E-state index is -0.819. The van der Waals surface area contributed by atoms with Gasteiger partial charge in [-0.15, -0.1) is 0 Å². The summed E-state index contributed by atoms with van der Waals surface area (Å²) in [5.41, 5.74) is 1.11. The molecule has 0 amide bonds. The van der Waals surface area contributed by atoms with Crippen molar-refractivity contribution in [2.24, 2.45) is 0 Å². The van der Waals surface area contributed by atoms with Crippen LogP contribution < -0.4 is 9.47 Å². The molecule has 5 heteroatoms. The van der Waals surface area contributed by atoms with Crippen molar-refractivity contribution in [3.8, 4) is 11.5 Å². The molecule has 1 unspecified atom stereocenters. The van der Waals surface area contributed by atoms with Gasteiger partial charge < -0.3 is 14.6 Å². The molecule has 0 aliphatic rings. The highest BCUT2D eigenvalue weighted by Gasteiger charge is 2.14. The van der Waals surface area contributed by atoms with Gasteiger partial charge in [-0.3, -0.25) is 0 Å². The molecule has 0 saturated carbocycles. The van der Waals surface area contributed by atoms with Gasteiger partial charge in [0.2, 0.25) is 0 Å². The second kappa shape index (κ2) is 6.91. The van der Waals surface area contributed by atoms with Crippen LogP contribution in [0.5, 0.6) is 11.5 Å². The molecule has 2 aromatic carbocycles. The summed E-state index contributed by atoms with van der Waals surface area (Å²) in [4.78, 5) is 0. The third-order valence-electron chi connectivity index (χ3n) is 3.22. The van der Waals surface area contributed by atoms with Crippen LogP contribution in [-0.4, -0.2) is 19.3 Å². The molecule has 0 radical (unpaired) electrons. The van der Waals surface area contributed by atoms with Crippen LogP contribution >= 0.6 is 15.9 Å². The molecular formula is C16H16BrFO3. The summed E-state index contributed by atoms with van der Waals surface area (Å²) in [6.45, 7) is 0. The number of benzene rings is 2. The second-order valence-corrected chi connectivity index (χ2v) is 5.49. The van der Waals surface area contributed by atoms with E-state index in [0.29, 0.717) is 27.1 Å². The van der Waals surface area contributed by atoms with Crippen LogP contribution in [0.1, 0.15) is 17.2 Å². The maximum atomic E-state index is 13.8. The predicted octanol–water partition coefficient (Wildman–Crippen LogP) is 3.88. The summed E-state index contributed by atoms with van der Waals surface area (Å²) < 4.78 is 24.8. The van der Waals surface area contributed by atoms with Crippen molar-refractivity contribution in [2.45, 2.75) is 12.5 Å². The summed E-state index contributed by atoms with van der Waals surface area (Å²) in [5, 5.41) is 10.3. The van der Waals surface area contributed by atoms with E-state index in [1.165, 1.54) is 13.2 Å². The van der Waals surface area contributed by atoms with Crippen molar-refractivity contribution in [1.29, 1.82) is 0 Å². The molecule has 1 N–H and O–H groups in total. The lowest BCUT2D eigenvalue weighted by molar-refractivity contribution is 0.176. The van der Waals surface area contributed by atoms with Gasteiger partial charge in [0.05, 0.1) is 20.3 Å². The molecule has 0 heterocycles. The number of aliphatic hydroxyl groups is 1. The topological polar surface area (TPSA) is 38.7 Å². The van der Waals surface area contributed by atoms with Gasteiger partial charge in [-0.25, -0.2) is 4.39 Å². The third kappa shape index (κ3) is 3.74. The van der Waals surface area contributed by atoms with Gasteiger partial charge in [-0.2, -0.15) is 0 Å². The second-order valence-electron chi connectivity index (χ2n) is 4.57. The Morgan fingerprint density at radius 1 is 1.10 bits per heavy atom. The average Bonchev–Trinajstić information content (AvgIpc) is 2.49. The Bertz CT molecular complexity index is 631. The van der Waals surface area contributed by atoms with Crippen LogP contribution in [0.15, 0.2) is 40.9 Å². The minimum absolute atomic E-state index is 0.189. The quantitative estimate of drug-likeness (QED) is 0.885. The zero-order chi connectivity index (χ0) is 15.4. The van der Waals surface area contributed by atoms with Crippen molar-refractivity contribution in [2.75, 3.05) is 14.2 Å². The van der Waals surface area contributed by atoms with Gasteiger partial charge in [0.25, 0.3) is 0 Å². The molecule has 2 rings (SSSR count). The van der Waals surface area contributed by atoms with Gasteiger partial charge in [-0.05, 0) is 35.4 Å². The van der Waals surface area contributed by atoms with Crippen LogP contribution in [0, 0.1) is 5.82 Å². The standard InChI is InChI=1S/C16H16BrFO3/c1-20-15-6-4-11(8-16(15)21-2)14(19)7-10-3-5-12(17)9-13(10)18/h3-6,8-9,14,19H,7H2,1-2H3. The maximum Gasteiger partial charge on any atom is 0.161 e. The van der Waals surface area contributed by atoms with Gasteiger partial charge in [0, 0.05) is 10.9 Å². The van der Waals surface area contributed by atoms with E-state index in [1.54, 1.807) is 37.4 Å². The van der Waals surface area contributed by atoms with E-state index in [9.17, 15) is 9.50 Å². The normalized spacial score (nSPS) is 12.0. The van der Waals surface area contributed by atoms with E-state index in [4.69, 9.17) is 9.47 Å². The summed E-state index contributed by atoms with van der Waals surface area (Å²) in [5.74, 6) is 0.775. The molecule has 112 valence electrons. The largest absolute Gasteiger partial charge is 0.493 e. The number of aliphatic hydroxyl groups excluding tert-OH is 1. The highest BCUT2D eigenvalue weighted by atomic mass is 79.9. The van der Waals surface area contributed by atoms with Crippen molar-refractivity contribution in [1.82, 2.24) is 0 Å². The summed E-state index contributed by atoms with van der Waals surface area (Å²) in [6.07, 6.45) is -0.630. The molecule has 0 bridgehead atoms. The fourth-order valence-electron chi connectivity index (χ4n) is 2.07. The molecule has 0 aliphatic carbocycles. The van der Waals surface area contributed by atoms with Crippen LogP contribution in [0.25, 0.3) is 0 Å². The zero-order valence-corrected chi connectivity index (χ0v) is 13.4. The Balaban J connectivity index is 2.21. The van der Waals surface area contributed by atoms with Crippen molar-refractivity contribution in [3.05, 3.63) is 57.8 Å². The van der Waals surface area contributed by atoms with Gasteiger partial charge in [-0.1, -0.05) is 28.1 Å². The Labute approximate surface area is 131 Å². The molecule has 1 atom stereocenters. The highest BCUT2D eigenvalue weighted by Crippen LogP contribution is 2.31. The molecule has 0 aromatic heterocycles. The van der Waals surface area contributed by atoms with Gasteiger partial charge in [0.15, 0.2) is 11.5 Å². The first kappa shape index (κ1) is 15.8. The fourth-order valence-corrected chi connectivity index (χ4v) is 2.41. The van der Waals surface area contributed by atoms with Crippen LogP contribution in [0.3, 0.4) is 0 Å². The van der Waals surface area contributed by atoms with E-state index >= 15 is 0 Å².